The Hall–Kier alpha value is -3.94. The van der Waals surface area contributed by atoms with Gasteiger partial charge in [-0.2, -0.15) is 0 Å². The third kappa shape index (κ3) is 11.2. The van der Waals surface area contributed by atoms with E-state index in [0.29, 0.717) is 41.7 Å². The van der Waals surface area contributed by atoms with E-state index < -0.39 is 5.97 Å². The molecular weight excluding hydrogens is 448 g/mol. The van der Waals surface area contributed by atoms with Crippen molar-refractivity contribution in [1.82, 2.24) is 0 Å². The fourth-order valence-corrected chi connectivity index (χ4v) is 2.92. The first-order valence-corrected chi connectivity index (χ1v) is 11.5. The van der Waals surface area contributed by atoms with Crippen LogP contribution >= 0.6 is 0 Å². The molecule has 0 amide bonds. The van der Waals surface area contributed by atoms with Crippen molar-refractivity contribution >= 4 is 29.4 Å². The lowest BCUT2D eigenvalue weighted by Gasteiger charge is -2.09. The second-order valence-electron chi connectivity index (χ2n) is 7.89. The maximum Gasteiger partial charge on any atom is 0.333 e. The highest BCUT2D eigenvalue weighted by Crippen LogP contribution is 2.23. The van der Waals surface area contributed by atoms with Gasteiger partial charge < -0.3 is 30.4 Å². The Morgan fingerprint density at radius 3 is 2.26 bits per heavy atom. The third-order valence-electron chi connectivity index (χ3n) is 4.80. The van der Waals surface area contributed by atoms with Gasteiger partial charge in [0.15, 0.2) is 0 Å². The summed E-state index contributed by atoms with van der Waals surface area (Å²) in [7, 11) is 0. The fraction of sp³-hybridized carbons (Fsp3) is 0.333. The Labute approximate surface area is 206 Å². The van der Waals surface area contributed by atoms with Crippen LogP contribution in [0.15, 0.2) is 60.7 Å². The van der Waals surface area contributed by atoms with Crippen molar-refractivity contribution in [1.29, 1.82) is 0 Å². The minimum absolute atomic E-state index is 0.145. The molecule has 188 valence electrons. The van der Waals surface area contributed by atoms with Gasteiger partial charge >= 0.3 is 11.9 Å². The summed E-state index contributed by atoms with van der Waals surface area (Å²) in [5.74, 6) is 0.459. The van der Waals surface area contributed by atoms with Gasteiger partial charge in [-0.25, -0.2) is 9.59 Å². The number of hydrogen-bond donors (Lipinski definition) is 2. The molecule has 0 aromatic heterocycles. The highest BCUT2D eigenvalue weighted by molar-refractivity contribution is 5.87. The molecule has 0 bridgehead atoms. The minimum Gasteiger partial charge on any atom is -0.491 e. The van der Waals surface area contributed by atoms with Gasteiger partial charge in [-0.15, -0.1) is 0 Å². The zero-order valence-electron chi connectivity index (χ0n) is 20.2. The Morgan fingerprint density at radius 1 is 0.857 bits per heavy atom. The second-order valence-corrected chi connectivity index (χ2v) is 7.89. The summed E-state index contributed by atoms with van der Waals surface area (Å²) in [5.41, 5.74) is 13.9. The highest BCUT2D eigenvalue weighted by Gasteiger charge is 2.03. The summed E-state index contributed by atoms with van der Waals surface area (Å²) in [4.78, 5) is 23.2. The molecule has 0 aliphatic heterocycles. The molecule has 0 spiro atoms. The van der Waals surface area contributed by atoms with Gasteiger partial charge in [0, 0.05) is 17.3 Å². The monoisotopic (exact) mass is 482 g/mol. The standard InChI is InChI=1S/C27H34N2O6/c1-20(2)27(31)35-18-17-32-23-11-7-21(8-12-23)9-14-26(30)34-16-6-4-3-5-15-33-25-13-10-22(28)19-24(25)29/h7-14,19H,1,3-6,15-18,28-29H2,2H3/b14-9+. The number of hydrogen-bond acceptors (Lipinski definition) is 8. The van der Waals surface area contributed by atoms with Crippen LogP contribution in [-0.2, 0) is 19.1 Å². The van der Waals surface area contributed by atoms with Crippen LogP contribution in [0.5, 0.6) is 11.5 Å². The van der Waals surface area contributed by atoms with Gasteiger partial charge in [-0.1, -0.05) is 18.7 Å². The maximum absolute atomic E-state index is 11.9. The van der Waals surface area contributed by atoms with E-state index in [1.807, 2.05) is 12.1 Å². The van der Waals surface area contributed by atoms with Gasteiger partial charge in [0.05, 0.1) is 18.9 Å². The summed E-state index contributed by atoms with van der Waals surface area (Å²) >= 11 is 0. The molecule has 0 aliphatic rings. The molecule has 0 atom stereocenters. The molecule has 8 nitrogen and oxygen atoms in total. The van der Waals surface area contributed by atoms with E-state index in [2.05, 4.69) is 6.58 Å². The lowest BCUT2D eigenvalue weighted by Crippen LogP contribution is -2.12. The quantitative estimate of drug-likeness (QED) is 0.164. The van der Waals surface area contributed by atoms with Crippen molar-refractivity contribution in [3.63, 3.8) is 0 Å². The molecule has 0 heterocycles. The van der Waals surface area contributed by atoms with Crippen LogP contribution in [0.3, 0.4) is 0 Å². The molecule has 2 aromatic carbocycles. The van der Waals surface area contributed by atoms with Crippen molar-refractivity contribution in [2.75, 3.05) is 37.9 Å². The predicted octanol–water partition coefficient (Wildman–Crippen LogP) is 4.54. The van der Waals surface area contributed by atoms with Crippen molar-refractivity contribution in [2.45, 2.75) is 32.6 Å². The van der Waals surface area contributed by atoms with Crippen molar-refractivity contribution in [3.8, 4) is 11.5 Å². The van der Waals surface area contributed by atoms with Gasteiger partial charge in [0.1, 0.15) is 24.7 Å². The van der Waals surface area contributed by atoms with Crippen molar-refractivity contribution in [2.24, 2.45) is 0 Å². The third-order valence-corrected chi connectivity index (χ3v) is 4.80. The van der Waals surface area contributed by atoms with E-state index in [1.165, 1.54) is 6.08 Å². The molecule has 0 fully saturated rings. The maximum atomic E-state index is 11.9. The molecule has 0 saturated carbocycles. The molecule has 4 N–H and O–H groups in total. The number of benzene rings is 2. The fourth-order valence-electron chi connectivity index (χ4n) is 2.92. The lowest BCUT2D eigenvalue weighted by molar-refractivity contribution is -0.140. The number of nitrogen functional groups attached to an aromatic ring is 2. The van der Waals surface area contributed by atoms with Crippen LogP contribution in [-0.4, -0.2) is 38.4 Å². The van der Waals surface area contributed by atoms with Crippen LogP contribution in [0.1, 0.15) is 38.2 Å². The summed E-state index contributed by atoms with van der Waals surface area (Å²) in [6.07, 6.45) is 6.66. The van der Waals surface area contributed by atoms with Crippen molar-refractivity contribution < 1.29 is 28.5 Å². The number of esters is 2. The Morgan fingerprint density at radius 2 is 1.57 bits per heavy atom. The smallest absolute Gasteiger partial charge is 0.333 e. The largest absolute Gasteiger partial charge is 0.491 e. The Bertz CT molecular complexity index is 1000. The minimum atomic E-state index is -0.438. The zero-order valence-corrected chi connectivity index (χ0v) is 20.2. The first kappa shape index (κ1) is 27.3. The number of carbonyl (C=O) groups excluding carboxylic acids is 2. The van der Waals surface area contributed by atoms with E-state index >= 15 is 0 Å². The Balaban J connectivity index is 1.53. The summed E-state index contributed by atoms with van der Waals surface area (Å²) in [6.45, 7) is 6.43. The van der Waals surface area contributed by atoms with Crippen molar-refractivity contribution in [3.05, 3.63) is 66.3 Å². The number of carbonyl (C=O) groups is 2. The van der Waals surface area contributed by atoms with Crippen LogP contribution < -0.4 is 20.9 Å². The summed E-state index contributed by atoms with van der Waals surface area (Å²) in [5, 5.41) is 0. The molecule has 0 unspecified atom stereocenters. The second kappa shape index (κ2) is 15.1. The highest BCUT2D eigenvalue weighted by atomic mass is 16.6. The van der Waals surface area contributed by atoms with E-state index in [9.17, 15) is 9.59 Å². The molecule has 8 heteroatoms. The molecule has 0 aliphatic carbocycles. The molecule has 35 heavy (non-hydrogen) atoms. The van der Waals surface area contributed by atoms with E-state index in [4.69, 9.17) is 30.4 Å². The number of unbranched alkanes of at least 4 members (excludes halogenated alkanes) is 3. The summed E-state index contributed by atoms with van der Waals surface area (Å²) < 4.78 is 21.4. The molecule has 0 radical (unpaired) electrons. The lowest BCUT2D eigenvalue weighted by atomic mass is 10.2. The number of rotatable bonds is 15. The van der Waals surface area contributed by atoms with Gasteiger partial charge in [0.2, 0.25) is 0 Å². The van der Waals surface area contributed by atoms with Crippen LogP contribution in [0.2, 0.25) is 0 Å². The molecular formula is C27H34N2O6. The number of anilines is 2. The van der Waals surface area contributed by atoms with Crippen LogP contribution in [0, 0.1) is 0 Å². The van der Waals surface area contributed by atoms with Gasteiger partial charge in [0.25, 0.3) is 0 Å². The topological polar surface area (TPSA) is 123 Å². The number of ether oxygens (including phenoxy) is 4. The molecule has 2 rings (SSSR count). The average Bonchev–Trinajstić information content (AvgIpc) is 2.83. The predicted molar refractivity (Wildman–Crippen MR) is 137 cm³/mol. The van der Waals surface area contributed by atoms with E-state index in [1.54, 1.807) is 43.3 Å². The average molecular weight is 483 g/mol. The normalized spacial score (nSPS) is 10.7. The SMILES string of the molecule is C=C(C)C(=O)OCCOc1ccc(/C=C/C(=O)OCCCCCCOc2ccc(N)cc2N)cc1. The Kier molecular flexibility index (Phi) is 11.7. The van der Waals surface area contributed by atoms with Gasteiger partial charge in [-0.05, 0) is 74.6 Å². The van der Waals surface area contributed by atoms with Crippen LogP contribution in [0.25, 0.3) is 6.08 Å². The van der Waals surface area contributed by atoms with E-state index in [-0.39, 0.29) is 19.2 Å². The summed E-state index contributed by atoms with van der Waals surface area (Å²) in [6, 6.07) is 12.4. The molecule has 0 saturated heterocycles. The van der Waals surface area contributed by atoms with Gasteiger partial charge in [-0.3, -0.25) is 0 Å². The zero-order chi connectivity index (χ0) is 25.5. The van der Waals surface area contributed by atoms with Crippen LogP contribution in [0.4, 0.5) is 11.4 Å². The number of nitrogens with two attached hydrogens (primary N) is 2. The first-order valence-electron chi connectivity index (χ1n) is 11.5. The van der Waals surface area contributed by atoms with E-state index in [0.717, 1.165) is 31.2 Å². The first-order chi connectivity index (χ1) is 16.8. The molecule has 2 aromatic rings.